The second-order valence-electron chi connectivity index (χ2n) is 3.62. The fraction of sp³-hybridized carbons (Fsp3) is 0.462. The molecule has 0 aliphatic rings. The average Bonchev–Trinajstić information content (AvgIpc) is 2.48. The summed E-state index contributed by atoms with van der Waals surface area (Å²) in [5.41, 5.74) is 0.381. The maximum Gasteiger partial charge on any atom is 0.206 e. The van der Waals surface area contributed by atoms with Gasteiger partial charge >= 0.3 is 0 Å². The molecule has 7 heteroatoms. The highest BCUT2D eigenvalue weighted by molar-refractivity contribution is 5.78. The zero-order chi connectivity index (χ0) is 14.8. The van der Waals surface area contributed by atoms with E-state index in [4.69, 9.17) is 28.4 Å². The second-order valence-corrected chi connectivity index (χ2v) is 3.62. The smallest absolute Gasteiger partial charge is 0.206 e. The van der Waals surface area contributed by atoms with Gasteiger partial charge in [0.15, 0.2) is 31.9 Å². The highest BCUT2D eigenvalue weighted by Crippen LogP contribution is 2.38. The maximum absolute atomic E-state index is 10.9. The molecule has 1 rings (SSSR count). The van der Waals surface area contributed by atoms with Crippen molar-refractivity contribution in [3.63, 3.8) is 0 Å². The number of carbonyl (C=O) groups is 1. The van der Waals surface area contributed by atoms with E-state index in [1.165, 1.54) is 33.5 Å². The third-order valence-electron chi connectivity index (χ3n) is 2.16. The molecule has 1 aromatic carbocycles. The van der Waals surface area contributed by atoms with E-state index in [1.54, 1.807) is 0 Å². The molecule has 20 heavy (non-hydrogen) atoms. The van der Waals surface area contributed by atoms with Crippen molar-refractivity contribution in [3.8, 4) is 17.2 Å². The first kappa shape index (κ1) is 16.2. The van der Waals surface area contributed by atoms with E-state index in [-0.39, 0.29) is 20.4 Å². The maximum atomic E-state index is 10.9. The molecule has 7 nitrogen and oxygen atoms in total. The summed E-state index contributed by atoms with van der Waals surface area (Å²) >= 11 is 0. The Balaban J connectivity index is 3.10. The molecule has 0 saturated carbocycles. The normalized spacial score (nSPS) is 10.2. The fourth-order valence-electron chi connectivity index (χ4n) is 1.38. The summed E-state index contributed by atoms with van der Waals surface area (Å²) in [5.74, 6) is 0.950. The molecule has 0 saturated heterocycles. The van der Waals surface area contributed by atoms with Crippen LogP contribution in [0.2, 0.25) is 0 Å². The lowest BCUT2D eigenvalue weighted by Crippen LogP contribution is -2.08. The molecule has 0 bridgehead atoms. The minimum atomic E-state index is 0.00706. The molecule has 0 amide bonds. The molecule has 0 spiro atoms. The van der Waals surface area contributed by atoms with E-state index in [2.05, 4.69) is 0 Å². The van der Waals surface area contributed by atoms with E-state index < -0.39 is 0 Å². The summed E-state index contributed by atoms with van der Waals surface area (Å²) < 4.78 is 30.7. The van der Waals surface area contributed by atoms with Crippen LogP contribution in [-0.4, -0.2) is 48.0 Å². The van der Waals surface area contributed by atoms with Gasteiger partial charge in [-0.3, -0.25) is 4.79 Å². The van der Waals surface area contributed by atoms with Gasteiger partial charge in [0, 0.05) is 26.9 Å². The number of rotatable bonds is 10. The molecular formula is C13H18O7. The van der Waals surface area contributed by atoms with Gasteiger partial charge in [0.25, 0.3) is 0 Å². The molecule has 0 aliphatic heterocycles. The van der Waals surface area contributed by atoms with Gasteiger partial charge in [0.1, 0.15) is 6.29 Å². The SMILES string of the molecule is COCOc1cc(C=O)cc(OCOC)c1OCOC. The second kappa shape index (κ2) is 9.13. The largest absolute Gasteiger partial charge is 0.463 e. The highest BCUT2D eigenvalue weighted by atomic mass is 16.7. The van der Waals surface area contributed by atoms with Crippen molar-refractivity contribution < 1.29 is 33.2 Å². The Labute approximate surface area is 117 Å². The molecule has 1 aromatic rings. The van der Waals surface area contributed by atoms with Crippen LogP contribution < -0.4 is 14.2 Å². The highest BCUT2D eigenvalue weighted by Gasteiger charge is 2.15. The van der Waals surface area contributed by atoms with Gasteiger partial charge in [-0.05, 0) is 12.1 Å². The Kier molecular flexibility index (Phi) is 7.41. The monoisotopic (exact) mass is 286 g/mol. The third kappa shape index (κ3) is 4.69. The van der Waals surface area contributed by atoms with Crippen LogP contribution >= 0.6 is 0 Å². The summed E-state index contributed by atoms with van der Waals surface area (Å²) in [4.78, 5) is 10.9. The molecule has 0 fully saturated rings. The fourth-order valence-corrected chi connectivity index (χ4v) is 1.38. The Hall–Kier alpha value is -1.83. The molecule has 0 heterocycles. The third-order valence-corrected chi connectivity index (χ3v) is 2.16. The minimum Gasteiger partial charge on any atom is -0.463 e. The van der Waals surface area contributed by atoms with Gasteiger partial charge in [-0.15, -0.1) is 0 Å². The van der Waals surface area contributed by atoms with Crippen LogP contribution in [0.1, 0.15) is 10.4 Å². The van der Waals surface area contributed by atoms with Crippen molar-refractivity contribution in [1.82, 2.24) is 0 Å². The molecule has 0 unspecified atom stereocenters. The molecule has 112 valence electrons. The molecule has 0 radical (unpaired) electrons. The van der Waals surface area contributed by atoms with E-state index in [0.717, 1.165) is 0 Å². The lowest BCUT2D eigenvalue weighted by atomic mass is 10.2. The summed E-state index contributed by atoms with van der Waals surface area (Å²) in [7, 11) is 4.47. The van der Waals surface area contributed by atoms with Crippen molar-refractivity contribution in [2.24, 2.45) is 0 Å². The molecular weight excluding hydrogens is 268 g/mol. The van der Waals surface area contributed by atoms with Crippen LogP contribution in [-0.2, 0) is 14.2 Å². The molecule has 0 atom stereocenters. The average molecular weight is 286 g/mol. The van der Waals surface area contributed by atoms with Gasteiger partial charge in [-0.25, -0.2) is 0 Å². The van der Waals surface area contributed by atoms with Crippen molar-refractivity contribution in [3.05, 3.63) is 17.7 Å². The van der Waals surface area contributed by atoms with Crippen LogP contribution in [0, 0.1) is 0 Å². The standard InChI is InChI=1S/C13H18O7/c1-15-7-18-11-4-10(6-14)5-12(19-8-16-2)13(11)20-9-17-3/h4-6H,7-9H2,1-3H3. The van der Waals surface area contributed by atoms with Crippen molar-refractivity contribution in [2.75, 3.05) is 41.7 Å². The van der Waals surface area contributed by atoms with Gasteiger partial charge in [0.05, 0.1) is 0 Å². The van der Waals surface area contributed by atoms with Gasteiger partial charge in [-0.2, -0.15) is 0 Å². The molecule has 0 aromatic heterocycles. The first-order valence-corrected chi connectivity index (χ1v) is 5.75. The van der Waals surface area contributed by atoms with Crippen molar-refractivity contribution in [1.29, 1.82) is 0 Å². The van der Waals surface area contributed by atoms with Crippen LogP contribution in [0.15, 0.2) is 12.1 Å². The van der Waals surface area contributed by atoms with Gasteiger partial charge < -0.3 is 28.4 Å². The number of hydrogen-bond acceptors (Lipinski definition) is 7. The predicted octanol–water partition coefficient (Wildman–Crippen LogP) is 1.45. The van der Waals surface area contributed by atoms with Crippen LogP contribution in [0.5, 0.6) is 17.2 Å². The van der Waals surface area contributed by atoms with Gasteiger partial charge in [-0.1, -0.05) is 0 Å². The first-order chi connectivity index (χ1) is 9.76. The van der Waals surface area contributed by atoms with Crippen molar-refractivity contribution >= 4 is 6.29 Å². The lowest BCUT2D eigenvalue weighted by molar-refractivity contribution is 0.0217. The first-order valence-electron chi connectivity index (χ1n) is 5.75. The number of hydrogen-bond donors (Lipinski definition) is 0. The minimum absolute atomic E-state index is 0.00706. The Morgan fingerprint density at radius 1 is 0.850 bits per heavy atom. The summed E-state index contributed by atoms with van der Waals surface area (Å²) in [6.07, 6.45) is 0.680. The quantitative estimate of drug-likeness (QED) is 0.476. The number of ether oxygens (including phenoxy) is 6. The number of aldehydes is 1. The number of carbonyl (C=O) groups excluding carboxylic acids is 1. The van der Waals surface area contributed by atoms with E-state index >= 15 is 0 Å². The molecule has 0 N–H and O–H groups in total. The Bertz CT molecular complexity index is 390. The Morgan fingerprint density at radius 2 is 1.30 bits per heavy atom. The van der Waals surface area contributed by atoms with Crippen LogP contribution in [0.4, 0.5) is 0 Å². The topological polar surface area (TPSA) is 72.5 Å². The number of methoxy groups -OCH3 is 3. The lowest BCUT2D eigenvalue weighted by Gasteiger charge is -2.16. The van der Waals surface area contributed by atoms with E-state index in [1.807, 2.05) is 0 Å². The van der Waals surface area contributed by atoms with Crippen LogP contribution in [0.25, 0.3) is 0 Å². The number of benzene rings is 1. The summed E-state index contributed by atoms with van der Waals surface area (Å²) in [6.45, 7) is 0.0257. The van der Waals surface area contributed by atoms with Crippen LogP contribution in [0.3, 0.4) is 0 Å². The van der Waals surface area contributed by atoms with Gasteiger partial charge in [0.2, 0.25) is 5.75 Å². The molecule has 0 aliphatic carbocycles. The van der Waals surface area contributed by atoms with E-state index in [9.17, 15) is 4.79 Å². The Morgan fingerprint density at radius 3 is 1.70 bits per heavy atom. The predicted molar refractivity (Wildman–Crippen MR) is 69.3 cm³/mol. The summed E-state index contributed by atoms with van der Waals surface area (Å²) in [6, 6.07) is 3.05. The summed E-state index contributed by atoms with van der Waals surface area (Å²) in [5, 5.41) is 0. The van der Waals surface area contributed by atoms with Crippen molar-refractivity contribution in [2.45, 2.75) is 0 Å². The zero-order valence-corrected chi connectivity index (χ0v) is 11.7. The van der Waals surface area contributed by atoms with E-state index in [0.29, 0.717) is 29.1 Å². The zero-order valence-electron chi connectivity index (χ0n) is 11.7.